The van der Waals surface area contributed by atoms with Crippen molar-refractivity contribution in [1.82, 2.24) is 9.97 Å². The Hall–Kier alpha value is -2.19. The molecule has 8 heteroatoms. The number of carbonyl (C=O) groups is 1. The van der Waals surface area contributed by atoms with Gasteiger partial charge in [-0.3, -0.25) is 9.78 Å². The number of carbonyl (C=O) groups excluding carboxylic acids is 1. The lowest BCUT2D eigenvalue weighted by molar-refractivity contribution is -0.147. The molecular formula is C12H14N2O6. The number of fused-ring (bicyclic) bond motifs is 1. The lowest BCUT2D eigenvalue weighted by Crippen LogP contribution is -2.23. The standard InChI is InChI=1S/C12H14N2O6/c1-2-19-9(16)4-7(15)10(17)6-3-8-11(13-5-6)14-12(18)20-8/h3,5,7,10,15,17H,2,4H2,1H3,(H,13,14,18). The summed E-state index contributed by atoms with van der Waals surface area (Å²) in [6, 6.07) is 1.37. The minimum absolute atomic E-state index is 0.162. The van der Waals surface area contributed by atoms with Gasteiger partial charge in [-0.05, 0) is 13.0 Å². The smallest absolute Gasteiger partial charge is 0.418 e. The van der Waals surface area contributed by atoms with Crippen LogP contribution in [0.5, 0.6) is 0 Å². The summed E-state index contributed by atoms with van der Waals surface area (Å²) in [5, 5.41) is 19.7. The van der Waals surface area contributed by atoms with Gasteiger partial charge in [-0.2, -0.15) is 0 Å². The van der Waals surface area contributed by atoms with Crippen molar-refractivity contribution in [2.75, 3.05) is 6.61 Å². The van der Waals surface area contributed by atoms with Crippen LogP contribution in [0, 0.1) is 0 Å². The van der Waals surface area contributed by atoms with Gasteiger partial charge in [0.15, 0.2) is 11.2 Å². The number of aliphatic hydroxyl groups excluding tert-OH is 2. The highest BCUT2D eigenvalue weighted by Gasteiger charge is 2.23. The van der Waals surface area contributed by atoms with Gasteiger partial charge in [0, 0.05) is 11.8 Å². The number of H-pyrrole nitrogens is 1. The Morgan fingerprint density at radius 1 is 1.55 bits per heavy atom. The predicted molar refractivity (Wildman–Crippen MR) is 66.8 cm³/mol. The van der Waals surface area contributed by atoms with Gasteiger partial charge in [-0.15, -0.1) is 0 Å². The summed E-state index contributed by atoms with van der Waals surface area (Å²) in [4.78, 5) is 28.5. The number of nitrogens with one attached hydrogen (secondary N) is 1. The fourth-order valence-electron chi connectivity index (χ4n) is 1.74. The van der Waals surface area contributed by atoms with Crippen molar-refractivity contribution in [3.8, 4) is 0 Å². The van der Waals surface area contributed by atoms with Crippen LogP contribution < -0.4 is 5.76 Å². The van der Waals surface area contributed by atoms with Crippen LogP contribution >= 0.6 is 0 Å². The molecule has 8 nitrogen and oxygen atoms in total. The van der Waals surface area contributed by atoms with E-state index >= 15 is 0 Å². The van der Waals surface area contributed by atoms with Crippen molar-refractivity contribution >= 4 is 17.2 Å². The fourth-order valence-corrected chi connectivity index (χ4v) is 1.74. The maximum absolute atomic E-state index is 11.2. The van der Waals surface area contributed by atoms with Gasteiger partial charge < -0.3 is 19.4 Å². The second kappa shape index (κ2) is 5.85. The summed E-state index contributed by atoms with van der Waals surface area (Å²) in [6.45, 7) is 1.84. The lowest BCUT2D eigenvalue weighted by atomic mass is 10.0. The molecule has 0 spiro atoms. The Balaban J connectivity index is 2.15. The quantitative estimate of drug-likeness (QED) is 0.652. The number of rotatable bonds is 5. The fraction of sp³-hybridized carbons (Fsp3) is 0.417. The van der Waals surface area contributed by atoms with Gasteiger partial charge in [0.05, 0.1) is 19.1 Å². The average Bonchev–Trinajstić information content (AvgIpc) is 2.76. The van der Waals surface area contributed by atoms with Gasteiger partial charge in [0.25, 0.3) is 0 Å². The summed E-state index contributed by atoms with van der Waals surface area (Å²) in [6.07, 6.45) is -1.73. The maximum Gasteiger partial charge on any atom is 0.418 e. The van der Waals surface area contributed by atoms with E-state index in [1.54, 1.807) is 6.92 Å². The third-order valence-corrected chi connectivity index (χ3v) is 2.68. The minimum atomic E-state index is -1.34. The molecule has 0 aromatic carbocycles. The van der Waals surface area contributed by atoms with Crippen molar-refractivity contribution in [3.63, 3.8) is 0 Å². The predicted octanol–water partition coefficient (Wildman–Crippen LogP) is -0.136. The first kappa shape index (κ1) is 14.2. The highest BCUT2D eigenvalue weighted by Crippen LogP contribution is 2.21. The first-order valence-electron chi connectivity index (χ1n) is 6.01. The minimum Gasteiger partial charge on any atom is -0.466 e. The SMILES string of the molecule is CCOC(=O)CC(O)C(O)c1cnc2[nH]c(=O)oc2c1. The molecule has 0 amide bonds. The molecule has 3 N–H and O–H groups in total. The van der Waals surface area contributed by atoms with Crippen LogP contribution in [0.25, 0.3) is 11.2 Å². The first-order chi connectivity index (χ1) is 9.51. The van der Waals surface area contributed by atoms with Crippen LogP contribution in [0.15, 0.2) is 21.5 Å². The van der Waals surface area contributed by atoms with Crippen molar-refractivity contribution < 1.29 is 24.2 Å². The zero-order chi connectivity index (χ0) is 14.7. The molecule has 0 radical (unpaired) electrons. The number of hydrogen-bond donors (Lipinski definition) is 3. The number of hydrogen-bond acceptors (Lipinski definition) is 7. The summed E-state index contributed by atoms with van der Waals surface area (Å²) in [5.41, 5.74) is 0.637. The van der Waals surface area contributed by atoms with E-state index in [1.807, 2.05) is 0 Å². The lowest BCUT2D eigenvalue weighted by Gasteiger charge is -2.16. The molecule has 0 aliphatic carbocycles. The number of nitrogens with zero attached hydrogens (tertiary/aromatic N) is 1. The number of ether oxygens (including phenoxy) is 1. The number of aliphatic hydroxyl groups is 2. The highest BCUT2D eigenvalue weighted by molar-refractivity contribution is 5.70. The molecule has 20 heavy (non-hydrogen) atoms. The summed E-state index contributed by atoms with van der Waals surface area (Å²) < 4.78 is 9.48. The zero-order valence-electron chi connectivity index (χ0n) is 10.7. The molecule has 2 rings (SSSR count). The number of aromatic amines is 1. The molecule has 0 saturated heterocycles. The molecule has 2 aromatic heterocycles. The third kappa shape index (κ3) is 3.03. The average molecular weight is 282 g/mol. The van der Waals surface area contributed by atoms with E-state index in [1.165, 1.54) is 12.3 Å². The van der Waals surface area contributed by atoms with Gasteiger partial charge in [0.1, 0.15) is 6.10 Å². The Morgan fingerprint density at radius 3 is 3.00 bits per heavy atom. The largest absolute Gasteiger partial charge is 0.466 e. The number of oxazole rings is 1. The van der Waals surface area contributed by atoms with E-state index in [0.717, 1.165) is 0 Å². The van der Waals surface area contributed by atoms with Gasteiger partial charge in [-0.25, -0.2) is 9.78 Å². The van der Waals surface area contributed by atoms with Crippen LogP contribution in [-0.4, -0.2) is 38.9 Å². The van der Waals surface area contributed by atoms with Crippen molar-refractivity contribution in [3.05, 3.63) is 28.4 Å². The highest BCUT2D eigenvalue weighted by atomic mass is 16.5. The topological polar surface area (TPSA) is 126 Å². The Labute approximate surface area is 113 Å². The van der Waals surface area contributed by atoms with Crippen LogP contribution in [-0.2, 0) is 9.53 Å². The first-order valence-corrected chi connectivity index (χ1v) is 6.01. The molecule has 108 valence electrons. The zero-order valence-corrected chi connectivity index (χ0v) is 10.7. The van der Waals surface area contributed by atoms with Crippen molar-refractivity contribution in [2.45, 2.75) is 25.6 Å². The normalized spacial score (nSPS) is 14.2. The number of esters is 1. The van der Waals surface area contributed by atoms with E-state index in [4.69, 9.17) is 4.42 Å². The van der Waals surface area contributed by atoms with Crippen LogP contribution in [0.2, 0.25) is 0 Å². The second-order valence-corrected chi connectivity index (χ2v) is 4.15. The van der Waals surface area contributed by atoms with Crippen LogP contribution in [0.3, 0.4) is 0 Å². The Kier molecular flexibility index (Phi) is 4.16. The Morgan fingerprint density at radius 2 is 2.30 bits per heavy atom. The molecular weight excluding hydrogens is 268 g/mol. The van der Waals surface area contributed by atoms with Gasteiger partial charge in [0.2, 0.25) is 0 Å². The monoisotopic (exact) mass is 282 g/mol. The van der Waals surface area contributed by atoms with Crippen LogP contribution in [0.4, 0.5) is 0 Å². The molecule has 2 atom stereocenters. The third-order valence-electron chi connectivity index (χ3n) is 2.68. The Bertz CT molecular complexity index is 661. The van der Waals surface area contributed by atoms with E-state index in [0.29, 0.717) is 0 Å². The van der Waals surface area contributed by atoms with E-state index < -0.39 is 23.9 Å². The molecule has 2 unspecified atom stereocenters. The molecule has 2 heterocycles. The van der Waals surface area contributed by atoms with Crippen molar-refractivity contribution in [2.24, 2.45) is 0 Å². The molecule has 0 fully saturated rings. The summed E-state index contributed by atoms with van der Waals surface area (Å²) in [5.74, 6) is -1.27. The summed E-state index contributed by atoms with van der Waals surface area (Å²) in [7, 11) is 0. The molecule has 0 aliphatic heterocycles. The molecule has 0 saturated carbocycles. The second-order valence-electron chi connectivity index (χ2n) is 4.15. The van der Waals surface area contributed by atoms with Crippen molar-refractivity contribution in [1.29, 1.82) is 0 Å². The summed E-state index contributed by atoms with van der Waals surface area (Å²) >= 11 is 0. The van der Waals surface area contributed by atoms with E-state index in [-0.39, 0.29) is 29.8 Å². The van der Waals surface area contributed by atoms with Gasteiger partial charge in [-0.1, -0.05) is 0 Å². The van der Waals surface area contributed by atoms with E-state index in [2.05, 4.69) is 14.7 Å². The number of aromatic nitrogens is 2. The van der Waals surface area contributed by atoms with Gasteiger partial charge >= 0.3 is 11.7 Å². The van der Waals surface area contributed by atoms with E-state index in [9.17, 15) is 19.8 Å². The molecule has 2 aromatic rings. The van der Waals surface area contributed by atoms with Crippen LogP contribution in [0.1, 0.15) is 25.0 Å². The molecule has 0 aliphatic rings. The molecule has 0 bridgehead atoms. The number of pyridine rings is 1. The maximum atomic E-state index is 11.2.